The highest BCUT2D eigenvalue weighted by molar-refractivity contribution is 5.64. The van der Waals surface area contributed by atoms with Gasteiger partial charge in [-0.25, -0.2) is 4.79 Å². The third-order valence-corrected chi connectivity index (χ3v) is 2.71. The maximum Gasteiger partial charge on any atom is 0.459 e. The number of halogens is 7. The van der Waals surface area contributed by atoms with Crippen molar-refractivity contribution >= 4 is 6.09 Å². The van der Waals surface area contributed by atoms with Crippen LogP contribution >= 0.6 is 0 Å². The van der Waals surface area contributed by atoms with Gasteiger partial charge in [0.2, 0.25) is 0 Å². The van der Waals surface area contributed by atoms with Crippen molar-refractivity contribution in [3.8, 4) is 0 Å². The Morgan fingerprint density at radius 1 is 1.10 bits per heavy atom. The molecule has 0 spiro atoms. The van der Waals surface area contributed by atoms with Crippen molar-refractivity contribution in [3.63, 3.8) is 0 Å². The van der Waals surface area contributed by atoms with Gasteiger partial charge in [-0.2, -0.15) is 30.7 Å². The lowest BCUT2D eigenvalue weighted by atomic mass is 10.00. The summed E-state index contributed by atoms with van der Waals surface area (Å²) >= 11 is 0. The normalized spacial score (nSPS) is 14.9. The number of rotatable bonds is 8. The number of hydrogen-bond acceptors (Lipinski definition) is 2. The third kappa shape index (κ3) is 5.58. The standard InChI is InChI=1S/C11H16F7NO2/c1-2-3-4-5-7(21-8(19)20)6-9(12,13)10(14,15)11(16,17)18/h7H,2-6H2,1H3,(H2,19,20). The minimum Gasteiger partial charge on any atom is -0.446 e. The van der Waals surface area contributed by atoms with Crippen LogP contribution in [0.15, 0.2) is 0 Å². The number of unbranched alkanes of at least 4 members (excludes halogenated alkanes) is 2. The van der Waals surface area contributed by atoms with Crippen molar-refractivity contribution < 1.29 is 40.3 Å². The molecule has 0 aliphatic rings. The van der Waals surface area contributed by atoms with Gasteiger partial charge in [0.1, 0.15) is 6.10 Å². The minimum absolute atomic E-state index is 0.224. The summed E-state index contributed by atoms with van der Waals surface area (Å²) in [5.41, 5.74) is 4.60. The van der Waals surface area contributed by atoms with E-state index in [4.69, 9.17) is 0 Å². The average Bonchev–Trinajstić information content (AvgIpc) is 2.25. The smallest absolute Gasteiger partial charge is 0.446 e. The van der Waals surface area contributed by atoms with Crippen LogP contribution in [0, 0.1) is 0 Å². The largest absolute Gasteiger partial charge is 0.459 e. The lowest BCUT2D eigenvalue weighted by molar-refractivity contribution is -0.358. The number of alkyl halides is 7. The summed E-state index contributed by atoms with van der Waals surface area (Å²) in [6, 6.07) is 0. The molecule has 0 saturated carbocycles. The Morgan fingerprint density at radius 2 is 1.62 bits per heavy atom. The maximum absolute atomic E-state index is 13.2. The highest BCUT2D eigenvalue weighted by Crippen LogP contribution is 2.48. The Bertz CT molecular complexity index is 344. The van der Waals surface area contributed by atoms with Crippen molar-refractivity contribution in [3.05, 3.63) is 0 Å². The van der Waals surface area contributed by atoms with Crippen LogP contribution in [0.25, 0.3) is 0 Å². The van der Waals surface area contributed by atoms with E-state index < -0.39 is 36.6 Å². The molecule has 0 aromatic rings. The van der Waals surface area contributed by atoms with Crippen LogP contribution in [0.1, 0.15) is 39.0 Å². The number of hydrogen-bond donors (Lipinski definition) is 1. The molecule has 0 radical (unpaired) electrons. The maximum atomic E-state index is 13.2. The summed E-state index contributed by atoms with van der Waals surface area (Å²) < 4.78 is 92.1. The summed E-state index contributed by atoms with van der Waals surface area (Å²) in [4.78, 5) is 10.5. The van der Waals surface area contributed by atoms with Gasteiger partial charge in [-0.3, -0.25) is 0 Å². The molecule has 2 N–H and O–H groups in total. The van der Waals surface area contributed by atoms with Crippen molar-refractivity contribution in [2.45, 2.75) is 63.2 Å². The van der Waals surface area contributed by atoms with Crippen LogP contribution in [0.3, 0.4) is 0 Å². The van der Waals surface area contributed by atoms with Crippen LogP contribution in [0.4, 0.5) is 35.5 Å². The molecule has 0 aromatic heterocycles. The molecule has 0 rings (SSSR count). The molecule has 0 aromatic carbocycles. The Balaban J connectivity index is 4.98. The first-order valence-electron chi connectivity index (χ1n) is 6.13. The van der Waals surface area contributed by atoms with Crippen molar-refractivity contribution in [2.75, 3.05) is 0 Å². The summed E-state index contributed by atoms with van der Waals surface area (Å²) in [6.07, 6.45) is -10.6. The number of nitrogens with two attached hydrogens (primary N) is 1. The van der Waals surface area contributed by atoms with E-state index in [9.17, 15) is 35.5 Å². The fraction of sp³-hybridized carbons (Fsp3) is 0.909. The SMILES string of the molecule is CCCCCC(CC(F)(F)C(F)(F)C(F)(F)F)OC(N)=O. The van der Waals surface area contributed by atoms with Crippen LogP contribution in [0.5, 0.6) is 0 Å². The molecule has 10 heteroatoms. The topological polar surface area (TPSA) is 52.3 Å². The molecular formula is C11H16F7NO2. The Hall–Kier alpha value is -1.22. The first kappa shape index (κ1) is 19.8. The average molecular weight is 327 g/mol. The van der Waals surface area contributed by atoms with Gasteiger partial charge in [0, 0.05) is 0 Å². The van der Waals surface area contributed by atoms with Crippen LogP contribution in [-0.4, -0.2) is 30.2 Å². The predicted octanol–water partition coefficient (Wildman–Crippen LogP) is 4.25. The molecule has 0 bridgehead atoms. The number of carbonyl (C=O) groups is 1. The zero-order valence-corrected chi connectivity index (χ0v) is 11.2. The van der Waals surface area contributed by atoms with Gasteiger partial charge in [0.25, 0.3) is 0 Å². The summed E-state index contributed by atoms with van der Waals surface area (Å²) in [5, 5.41) is 0. The number of ether oxygens (including phenoxy) is 1. The summed E-state index contributed by atoms with van der Waals surface area (Å²) in [5.74, 6) is -11.6. The van der Waals surface area contributed by atoms with E-state index in [-0.39, 0.29) is 12.8 Å². The van der Waals surface area contributed by atoms with Gasteiger partial charge >= 0.3 is 24.1 Å². The second-order valence-corrected chi connectivity index (χ2v) is 4.54. The molecule has 126 valence electrons. The molecule has 3 nitrogen and oxygen atoms in total. The molecule has 1 unspecified atom stereocenters. The second-order valence-electron chi connectivity index (χ2n) is 4.54. The predicted molar refractivity (Wildman–Crippen MR) is 59.2 cm³/mol. The van der Waals surface area contributed by atoms with E-state index >= 15 is 0 Å². The highest BCUT2D eigenvalue weighted by Gasteiger charge is 2.73. The van der Waals surface area contributed by atoms with Crippen LogP contribution < -0.4 is 5.73 Å². The second kappa shape index (κ2) is 7.17. The summed E-state index contributed by atoms with van der Waals surface area (Å²) in [6.45, 7) is 1.76. The molecular weight excluding hydrogens is 311 g/mol. The Morgan fingerprint density at radius 3 is 2.00 bits per heavy atom. The third-order valence-electron chi connectivity index (χ3n) is 2.71. The fourth-order valence-corrected chi connectivity index (χ4v) is 1.61. The van der Waals surface area contributed by atoms with Crippen LogP contribution in [-0.2, 0) is 4.74 Å². The highest BCUT2D eigenvalue weighted by atomic mass is 19.4. The zero-order valence-electron chi connectivity index (χ0n) is 11.2. The van der Waals surface area contributed by atoms with E-state index in [1.807, 2.05) is 0 Å². The van der Waals surface area contributed by atoms with Gasteiger partial charge in [-0.15, -0.1) is 0 Å². The molecule has 21 heavy (non-hydrogen) atoms. The van der Waals surface area contributed by atoms with Gasteiger partial charge in [0.05, 0.1) is 6.42 Å². The monoisotopic (exact) mass is 327 g/mol. The molecule has 1 atom stereocenters. The quantitative estimate of drug-likeness (QED) is 0.535. The first-order chi connectivity index (χ1) is 9.35. The van der Waals surface area contributed by atoms with E-state index in [2.05, 4.69) is 10.5 Å². The molecule has 0 aliphatic heterocycles. The Labute approximate surface area is 116 Å². The number of carbonyl (C=O) groups excluding carboxylic acids is 1. The molecule has 0 saturated heterocycles. The molecule has 0 fully saturated rings. The Kier molecular flexibility index (Phi) is 6.75. The number of amides is 1. The summed E-state index contributed by atoms with van der Waals surface area (Å²) in [7, 11) is 0. The van der Waals surface area contributed by atoms with E-state index in [0.29, 0.717) is 12.8 Å². The van der Waals surface area contributed by atoms with Gasteiger partial charge in [-0.05, 0) is 12.8 Å². The fourth-order valence-electron chi connectivity index (χ4n) is 1.61. The van der Waals surface area contributed by atoms with E-state index in [0.717, 1.165) is 0 Å². The molecule has 0 aliphatic carbocycles. The van der Waals surface area contributed by atoms with Gasteiger partial charge in [0.15, 0.2) is 0 Å². The van der Waals surface area contributed by atoms with E-state index in [1.54, 1.807) is 6.92 Å². The number of primary amides is 1. The first-order valence-corrected chi connectivity index (χ1v) is 6.13. The molecule has 1 amide bonds. The van der Waals surface area contributed by atoms with Crippen molar-refractivity contribution in [2.24, 2.45) is 5.73 Å². The van der Waals surface area contributed by atoms with Crippen molar-refractivity contribution in [1.82, 2.24) is 0 Å². The van der Waals surface area contributed by atoms with Gasteiger partial charge in [-0.1, -0.05) is 19.8 Å². The van der Waals surface area contributed by atoms with Crippen molar-refractivity contribution in [1.29, 1.82) is 0 Å². The van der Waals surface area contributed by atoms with E-state index in [1.165, 1.54) is 0 Å². The minimum atomic E-state index is -6.41. The zero-order chi connectivity index (χ0) is 16.9. The molecule has 0 heterocycles. The lowest BCUT2D eigenvalue weighted by Crippen LogP contribution is -2.53. The lowest BCUT2D eigenvalue weighted by Gasteiger charge is -2.30. The van der Waals surface area contributed by atoms with Gasteiger partial charge < -0.3 is 10.5 Å². The van der Waals surface area contributed by atoms with Crippen LogP contribution in [0.2, 0.25) is 0 Å².